The average Bonchev–Trinajstić information content (AvgIpc) is 2.71. The van der Waals surface area contributed by atoms with Crippen molar-refractivity contribution in [2.24, 2.45) is 5.92 Å². The molecule has 2 N–H and O–H groups in total. The second-order valence-corrected chi connectivity index (χ2v) is 7.54. The first-order chi connectivity index (χ1) is 12.8. The standard InChI is InChI=1S/C21H33N3O2.ClH/c25-21(23-11-4-14-24-15-12-22-13-16-24)19-7-9-20(10-8-19)26-17-18-5-2-1-3-6-18;/h7-10,18,22H,1-6,11-17H2,(H,23,25);1H. The molecule has 0 aromatic heterocycles. The van der Waals surface area contributed by atoms with Crippen LogP contribution >= 0.6 is 12.4 Å². The first-order valence-corrected chi connectivity index (χ1v) is 10.3. The van der Waals surface area contributed by atoms with Crippen LogP contribution in [0.5, 0.6) is 5.75 Å². The van der Waals surface area contributed by atoms with Gasteiger partial charge < -0.3 is 20.3 Å². The van der Waals surface area contributed by atoms with Gasteiger partial charge in [-0.15, -0.1) is 12.4 Å². The minimum atomic E-state index is 0. The van der Waals surface area contributed by atoms with Crippen LogP contribution in [0.2, 0.25) is 0 Å². The minimum Gasteiger partial charge on any atom is -0.493 e. The number of hydrogen-bond acceptors (Lipinski definition) is 4. The first-order valence-electron chi connectivity index (χ1n) is 10.3. The zero-order valence-corrected chi connectivity index (χ0v) is 17.1. The van der Waals surface area contributed by atoms with Crippen LogP contribution in [-0.2, 0) is 0 Å². The zero-order valence-electron chi connectivity index (χ0n) is 16.3. The molecule has 1 aliphatic heterocycles. The van der Waals surface area contributed by atoms with E-state index in [-0.39, 0.29) is 18.3 Å². The van der Waals surface area contributed by atoms with Gasteiger partial charge in [-0.2, -0.15) is 0 Å². The Morgan fingerprint density at radius 2 is 1.81 bits per heavy atom. The minimum absolute atomic E-state index is 0. The monoisotopic (exact) mass is 395 g/mol. The average molecular weight is 396 g/mol. The lowest BCUT2D eigenvalue weighted by Crippen LogP contribution is -2.44. The van der Waals surface area contributed by atoms with Crippen molar-refractivity contribution < 1.29 is 9.53 Å². The van der Waals surface area contributed by atoms with Crippen molar-refractivity contribution in [1.29, 1.82) is 0 Å². The Hall–Kier alpha value is -1.30. The van der Waals surface area contributed by atoms with Crippen molar-refractivity contribution >= 4 is 18.3 Å². The van der Waals surface area contributed by atoms with E-state index >= 15 is 0 Å². The van der Waals surface area contributed by atoms with Gasteiger partial charge in [0.05, 0.1) is 6.61 Å². The Bertz CT molecular complexity index is 541. The van der Waals surface area contributed by atoms with Gasteiger partial charge in [0.1, 0.15) is 5.75 Å². The van der Waals surface area contributed by atoms with E-state index in [0.717, 1.165) is 58.0 Å². The van der Waals surface area contributed by atoms with E-state index in [4.69, 9.17) is 4.74 Å². The van der Waals surface area contributed by atoms with Crippen molar-refractivity contribution in [1.82, 2.24) is 15.5 Å². The number of piperazine rings is 1. The van der Waals surface area contributed by atoms with E-state index in [9.17, 15) is 4.79 Å². The third-order valence-electron chi connectivity index (χ3n) is 5.47. The summed E-state index contributed by atoms with van der Waals surface area (Å²) in [6, 6.07) is 7.56. The number of nitrogens with one attached hydrogen (secondary N) is 2. The third-order valence-corrected chi connectivity index (χ3v) is 5.47. The van der Waals surface area contributed by atoms with Gasteiger partial charge in [-0.25, -0.2) is 0 Å². The van der Waals surface area contributed by atoms with Gasteiger partial charge in [0, 0.05) is 38.3 Å². The molecular formula is C21H34ClN3O2. The van der Waals surface area contributed by atoms with Crippen molar-refractivity contribution in [2.45, 2.75) is 38.5 Å². The SMILES string of the molecule is Cl.O=C(NCCCN1CCNCC1)c1ccc(OCC2CCCCC2)cc1. The van der Waals surface area contributed by atoms with E-state index < -0.39 is 0 Å². The van der Waals surface area contributed by atoms with Crippen molar-refractivity contribution in [3.05, 3.63) is 29.8 Å². The molecule has 0 spiro atoms. The molecular weight excluding hydrogens is 362 g/mol. The van der Waals surface area contributed by atoms with Crippen LogP contribution in [0.1, 0.15) is 48.9 Å². The predicted molar refractivity (Wildman–Crippen MR) is 112 cm³/mol. The summed E-state index contributed by atoms with van der Waals surface area (Å²) < 4.78 is 5.90. The summed E-state index contributed by atoms with van der Waals surface area (Å²) in [5, 5.41) is 6.37. The molecule has 2 aliphatic rings. The first kappa shape index (κ1) is 22.0. The van der Waals surface area contributed by atoms with Gasteiger partial charge in [0.25, 0.3) is 5.91 Å². The molecule has 2 fully saturated rings. The lowest BCUT2D eigenvalue weighted by Gasteiger charge is -2.27. The summed E-state index contributed by atoms with van der Waals surface area (Å²) in [6.45, 7) is 6.94. The summed E-state index contributed by atoms with van der Waals surface area (Å²) in [5.41, 5.74) is 0.706. The smallest absolute Gasteiger partial charge is 0.251 e. The molecule has 0 unspecified atom stereocenters. The summed E-state index contributed by atoms with van der Waals surface area (Å²) in [4.78, 5) is 14.7. The molecule has 0 radical (unpaired) electrons. The van der Waals surface area contributed by atoms with Crippen molar-refractivity contribution in [2.75, 3.05) is 45.9 Å². The number of hydrogen-bond donors (Lipinski definition) is 2. The van der Waals surface area contributed by atoms with Crippen LogP contribution < -0.4 is 15.4 Å². The Labute approximate surface area is 169 Å². The molecule has 1 heterocycles. The fraction of sp³-hybridized carbons (Fsp3) is 0.667. The topological polar surface area (TPSA) is 53.6 Å². The Morgan fingerprint density at radius 1 is 1.11 bits per heavy atom. The molecule has 152 valence electrons. The van der Waals surface area contributed by atoms with E-state index in [1.165, 1.54) is 32.1 Å². The second kappa shape index (κ2) is 12.2. The largest absolute Gasteiger partial charge is 0.493 e. The maximum absolute atomic E-state index is 12.2. The van der Waals surface area contributed by atoms with Crippen molar-refractivity contribution in [3.63, 3.8) is 0 Å². The van der Waals surface area contributed by atoms with Gasteiger partial charge in [0.15, 0.2) is 0 Å². The summed E-state index contributed by atoms with van der Waals surface area (Å²) >= 11 is 0. The fourth-order valence-electron chi connectivity index (χ4n) is 3.81. The maximum Gasteiger partial charge on any atom is 0.251 e. The second-order valence-electron chi connectivity index (χ2n) is 7.54. The van der Waals surface area contributed by atoms with Gasteiger partial charge >= 0.3 is 0 Å². The fourth-order valence-corrected chi connectivity index (χ4v) is 3.81. The third kappa shape index (κ3) is 7.68. The number of carbonyl (C=O) groups excluding carboxylic acids is 1. The van der Waals surface area contributed by atoms with Gasteiger partial charge in [0.2, 0.25) is 0 Å². The van der Waals surface area contributed by atoms with E-state index in [1.54, 1.807) is 0 Å². The van der Waals surface area contributed by atoms with Crippen LogP contribution in [0.4, 0.5) is 0 Å². The highest BCUT2D eigenvalue weighted by molar-refractivity contribution is 5.94. The van der Waals surface area contributed by atoms with E-state index in [2.05, 4.69) is 15.5 Å². The van der Waals surface area contributed by atoms with Crippen LogP contribution in [0, 0.1) is 5.92 Å². The molecule has 5 nitrogen and oxygen atoms in total. The molecule has 1 aromatic rings. The Balaban J connectivity index is 0.00000261. The molecule has 3 rings (SSSR count). The highest BCUT2D eigenvalue weighted by Crippen LogP contribution is 2.24. The number of nitrogens with zero attached hydrogens (tertiary/aromatic N) is 1. The molecule has 1 amide bonds. The highest BCUT2D eigenvalue weighted by Gasteiger charge is 2.14. The molecule has 1 saturated heterocycles. The van der Waals surface area contributed by atoms with E-state index in [0.29, 0.717) is 11.5 Å². The number of halogens is 1. The van der Waals surface area contributed by atoms with Crippen LogP contribution in [-0.4, -0.2) is 56.7 Å². The predicted octanol–water partition coefficient (Wildman–Crippen LogP) is 3.09. The van der Waals surface area contributed by atoms with Crippen LogP contribution in [0.3, 0.4) is 0 Å². The lowest BCUT2D eigenvalue weighted by atomic mass is 9.90. The molecule has 0 atom stereocenters. The van der Waals surface area contributed by atoms with Crippen LogP contribution in [0.25, 0.3) is 0 Å². The van der Waals surface area contributed by atoms with Gasteiger partial charge in [-0.05, 0) is 56.0 Å². The van der Waals surface area contributed by atoms with E-state index in [1.807, 2.05) is 24.3 Å². The number of ether oxygens (including phenoxy) is 1. The van der Waals surface area contributed by atoms with Crippen LogP contribution in [0.15, 0.2) is 24.3 Å². The Kier molecular flexibility index (Phi) is 9.95. The van der Waals surface area contributed by atoms with Gasteiger partial charge in [-0.1, -0.05) is 19.3 Å². The molecule has 1 aliphatic carbocycles. The number of benzene rings is 1. The Morgan fingerprint density at radius 3 is 2.52 bits per heavy atom. The normalized spacial score (nSPS) is 18.5. The maximum atomic E-state index is 12.2. The molecule has 0 bridgehead atoms. The number of carbonyl (C=O) groups is 1. The summed E-state index contributed by atoms with van der Waals surface area (Å²) in [7, 11) is 0. The number of amides is 1. The summed E-state index contributed by atoms with van der Waals surface area (Å²) in [5.74, 6) is 1.57. The molecule has 1 aromatic carbocycles. The molecule has 6 heteroatoms. The summed E-state index contributed by atoms with van der Waals surface area (Å²) in [6.07, 6.45) is 7.61. The molecule has 1 saturated carbocycles. The number of rotatable bonds is 8. The quantitative estimate of drug-likeness (QED) is 0.664. The highest BCUT2D eigenvalue weighted by atomic mass is 35.5. The van der Waals surface area contributed by atoms with Crippen molar-refractivity contribution in [3.8, 4) is 5.75 Å². The van der Waals surface area contributed by atoms with Gasteiger partial charge in [-0.3, -0.25) is 4.79 Å². The lowest BCUT2D eigenvalue weighted by molar-refractivity contribution is 0.0951. The molecule has 27 heavy (non-hydrogen) atoms. The zero-order chi connectivity index (χ0) is 18.0.